The van der Waals surface area contributed by atoms with Gasteiger partial charge in [0.2, 0.25) is 0 Å². The fourth-order valence-electron chi connectivity index (χ4n) is 3.10. The number of benzene rings is 1. The van der Waals surface area contributed by atoms with Gasteiger partial charge in [-0.15, -0.1) is 0 Å². The maximum atomic E-state index is 12.3. The molecule has 1 N–H and O–H groups in total. The van der Waals surface area contributed by atoms with Crippen LogP contribution in [0.1, 0.15) is 51.7 Å². The number of nitrogens with zero attached hydrogens (tertiary/aromatic N) is 1. The van der Waals surface area contributed by atoms with Gasteiger partial charge in [0.15, 0.2) is 0 Å². The molecule has 1 heterocycles. The zero-order valence-corrected chi connectivity index (χ0v) is 15.1. The van der Waals surface area contributed by atoms with Crippen molar-refractivity contribution in [3.05, 3.63) is 29.3 Å². The summed E-state index contributed by atoms with van der Waals surface area (Å²) in [5.74, 6) is 0. The average Bonchev–Trinajstić information content (AvgIpc) is 2.92. The number of para-hydroxylation sites is 1. The number of nitrogens with one attached hydrogen (secondary N) is 1. The molecule has 1 saturated heterocycles. The Hall–Kier alpha value is -1.71. The van der Waals surface area contributed by atoms with Gasteiger partial charge in [0.25, 0.3) is 0 Å². The molecular formula is C19H30N2O2. The molecule has 4 nitrogen and oxygen atoms in total. The van der Waals surface area contributed by atoms with E-state index in [9.17, 15) is 4.79 Å². The highest BCUT2D eigenvalue weighted by Gasteiger charge is 2.32. The Kier molecular flexibility index (Phi) is 5.55. The lowest BCUT2D eigenvalue weighted by molar-refractivity contribution is 0.0235. The average molecular weight is 318 g/mol. The normalized spacial score (nSPS) is 18.1. The second-order valence-corrected chi connectivity index (χ2v) is 7.31. The number of hydrogen-bond donors (Lipinski definition) is 1. The van der Waals surface area contributed by atoms with Crippen molar-refractivity contribution in [3.63, 3.8) is 0 Å². The summed E-state index contributed by atoms with van der Waals surface area (Å²) in [7, 11) is 0. The zero-order chi connectivity index (χ0) is 17.0. The summed E-state index contributed by atoms with van der Waals surface area (Å²) in [4.78, 5) is 14.2. The van der Waals surface area contributed by atoms with Crippen molar-refractivity contribution >= 4 is 11.8 Å². The minimum atomic E-state index is -0.441. The summed E-state index contributed by atoms with van der Waals surface area (Å²) in [6, 6.07) is 6.59. The van der Waals surface area contributed by atoms with Crippen LogP contribution in [0, 0.1) is 6.92 Å². The van der Waals surface area contributed by atoms with E-state index in [4.69, 9.17) is 4.74 Å². The van der Waals surface area contributed by atoms with Crippen molar-refractivity contribution in [2.75, 3.05) is 18.4 Å². The van der Waals surface area contributed by atoms with Gasteiger partial charge in [0, 0.05) is 18.8 Å². The number of amides is 1. The molecule has 0 bridgehead atoms. The maximum Gasteiger partial charge on any atom is 0.410 e. The summed E-state index contributed by atoms with van der Waals surface area (Å²) in [5.41, 5.74) is 3.35. The molecule has 0 aromatic heterocycles. The third-order valence-corrected chi connectivity index (χ3v) is 4.26. The monoisotopic (exact) mass is 318 g/mol. The van der Waals surface area contributed by atoms with E-state index in [-0.39, 0.29) is 12.1 Å². The van der Waals surface area contributed by atoms with Gasteiger partial charge in [-0.1, -0.05) is 25.1 Å². The number of likely N-dealkylation sites (tertiary alicyclic amines) is 1. The number of aryl methyl sites for hydroxylation is 2. The van der Waals surface area contributed by atoms with Crippen LogP contribution in [0.25, 0.3) is 0 Å². The molecule has 23 heavy (non-hydrogen) atoms. The molecule has 1 aromatic rings. The van der Waals surface area contributed by atoms with E-state index in [1.54, 1.807) is 0 Å². The topological polar surface area (TPSA) is 41.6 Å². The first kappa shape index (κ1) is 17.6. The predicted molar refractivity (Wildman–Crippen MR) is 95.0 cm³/mol. The van der Waals surface area contributed by atoms with Gasteiger partial charge in [-0.25, -0.2) is 4.79 Å². The summed E-state index contributed by atoms with van der Waals surface area (Å²) in [6.45, 7) is 11.6. The quantitative estimate of drug-likeness (QED) is 0.896. The van der Waals surface area contributed by atoms with Crippen molar-refractivity contribution in [1.82, 2.24) is 4.90 Å². The van der Waals surface area contributed by atoms with Crippen molar-refractivity contribution in [2.45, 2.75) is 65.5 Å². The van der Waals surface area contributed by atoms with Crippen LogP contribution in [0.3, 0.4) is 0 Å². The summed E-state index contributed by atoms with van der Waals surface area (Å²) < 4.78 is 5.53. The molecule has 1 aliphatic rings. The molecule has 1 atom stereocenters. The van der Waals surface area contributed by atoms with E-state index < -0.39 is 5.60 Å². The van der Waals surface area contributed by atoms with Crippen molar-refractivity contribution in [1.29, 1.82) is 0 Å². The first-order valence-electron chi connectivity index (χ1n) is 8.64. The lowest BCUT2D eigenvalue weighted by Crippen LogP contribution is -2.42. The Labute approximate surface area is 140 Å². The van der Waals surface area contributed by atoms with Gasteiger partial charge in [-0.3, -0.25) is 0 Å². The molecule has 1 amide bonds. The largest absolute Gasteiger partial charge is 0.444 e. The van der Waals surface area contributed by atoms with Gasteiger partial charge in [0.05, 0.1) is 6.04 Å². The van der Waals surface area contributed by atoms with Gasteiger partial charge in [-0.05, 0) is 58.1 Å². The maximum absolute atomic E-state index is 12.3. The molecule has 0 saturated carbocycles. The number of ether oxygens (including phenoxy) is 1. The van der Waals surface area contributed by atoms with Crippen molar-refractivity contribution in [3.8, 4) is 0 Å². The van der Waals surface area contributed by atoms with E-state index >= 15 is 0 Å². The molecule has 0 radical (unpaired) electrons. The number of hydrogen-bond acceptors (Lipinski definition) is 3. The van der Waals surface area contributed by atoms with Gasteiger partial charge < -0.3 is 15.0 Å². The number of carbonyl (C=O) groups excluding carboxylic acids is 1. The first-order chi connectivity index (χ1) is 10.8. The smallest absolute Gasteiger partial charge is 0.410 e. The van der Waals surface area contributed by atoms with Crippen LogP contribution in [-0.2, 0) is 11.2 Å². The van der Waals surface area contributed by atoms with Gasteiger partial charge in [0.1, 0.15) is 5.60 Å². The molecule has 0 spiro atoms. The molecule has 1 aliphatic heterocycles. The summed E-state index contributed by atoms with van der Waals surface area (Å²) in [6.07, 6.45) is 2.88. The fourth-order valence-corrected chi connectivity index (χ4v) is 3.10. The van der Waals surface area contributed by atoms with Gasteiger partial charge >= 0.3 is 6.09 Å². The standard InChI is InChI=1S/C19H30N2O2/c1-6-15-10-7-9-14(2)17(15)20-13-16-11-8-12-21(16)18(22)23-19(3,4)5/h7,9-10,16,20H,6,8,11-13H2,1-5H3. The second-order valence-electron chi connectivity index (χ2n) is 7.31. The Balaban J connectivity index is 2.01. The van der Waals surface area contributed by atoms with E-state index in [1.807, 2.05) is 25.7 Å². The molecular weight excluding hydrogens is 288 g/mol. The molecule has 1 aromatic carbocycles. The van der Waals surface area contributed by atoms with Crippen LogP contribution in [-0.4, -0.2) is 35.7 Å². The van der Waals surface area contributed by atoms with Crippen LogP contribution < -0.4 is 5.32 Å². The SMILES string of the molecule is CCc1cccc(C)c1NCC1CCCN1C(=O)OC(C)(C)C. The Bertz CT molecular complexity index is 549. The highest BCUT2D eigenvalue weighted by Crippen LogP contribution is 2.24. The van der Waals surface area contributed by atoms with Crippen LogP contribution >= 0.6 is 0 Å². The first-order valence-corrected chi connectivity index (χ1v) is 8.64. The van der Waals surface area contributed by atoms with Crippen LogP contribution in [0.2, 0.25) is 0 Å². The lowest BCUT2D eigenvalue weighted by Gasteiger charge is -2.29. The summed E-state index contributed by atoms with van der Waals surface area (Å²) in [5, 5.41) is 3.57. The predicted octanol–water partition coefficient (Wildman–Crippen LogP) is 4.37. The molecule has 2 rings (SSSR count). The zero-order valence-electron chi connectivity index (χ0n) is 15.1. The molecule has 128 valence electrons. The minimum Gasteiger partial charge on any atom is -0.444 e. The van der Waals surface area contributed by atoms with E-state index in [0.717, 1.165) is 32.4 Å². The van der Waals surface area contributed by atoms with Crippen LogP contribution in [0.5, 0.6) is 0 Å². The van der Waals surface area contributed by atoms with E-state index in [1.165, 1.54) is 16.8 Å². The number of rotatable bonds is 4. The minimum absolute atomic E-state index is 0.192. The third kappa shape index (κ3) is 4.63. The fraction of sp³-hybridized carbons (Fsp3) is 0.632. The van der Waals surface area contributed by atoms with Crippen LogP contribution in [0.4, 0.5) is 10.5 Å². The second kappa shape index (κ2) is 7.24. The Morgan fingerprint density at radius 3 is 2.78 bits per heavy atom. The highest BCUT2D eigenvalue weighted by atomic mass is 16.6. The summed E-state index contributed by atoms with van der Waals surface area (Å²) >= 11 is 0. The van der Waals surface area contributed by atoms with Crippen molar-refractivity contribution < 1.29 is 9.53 Å². The molecule has 1 unspecified atom stereocenters. The van der Waals surface area contributed by atoms with E-state index in [2.05, 4.69) is 37.4 Å². The lowest BCUT2D eigenvalue weighted by atomic mass is 10.1. The Morgan fingerprint density at radius 1 is 1.39 bits per heavy atom. The van der Waals surface area contributed by atoms with Crippen LogP contribution in [0.15, 0.2) is 18.2 Å². The molecule has 1 fully saturated rings. The third-order valence-electron chi connectivity index (χ3n) is 4.26. The van der Waals surface area contributed by atoms with Crippen molar-refractivity contribution in [2.24, 2.45) is 0 Å². The Morgan fingerprint density at radius 2 is 2.13 bits per heavy atom. The molecule has 4 heteroatoms. The van der Waals surface area contributed by atoms with Gasteiger partial charge in [-0.2, -0.15) is 0 Å². The number of anilines is 1. The molecule has 0 aliphatic carbocycles. The highest BCUT2D eigenvalue weighted by molar-refractivity contribution is 5.69. The number of carbonyl (C=O) groups is 1. The van der Waals surface area contributed by atoms with E-state index in [0.29, 0.717) is 0 Å².